The standard InChI is InChI=1S/C32H33N5O5/c1-31(2,3)41-29(38)37(30(39)42-32(4,5)6)28-26-27(24-15-9-10-16-25(24)35-28)36(21-34-26)17-19-40-18-11-14-22-12-7-8-13-23(22)20-33/h7-10,12-13,15-16,21H,17-19H2,1-6H3. The Morgan fingerprint density at radius 3 is 2.19 bits per heavy atom. The Labute approximate surface area is 244 Å². The van der Waals surface area contributed by atoms with E-state index in [0.29, 0.717) is 40.8 Å². The number of hydrogen-bond donors (Lipinski definition) is 0. The van der Waals surface area contributed by atoms with Crippen molar-refractivity contribution < 1.29 is 23.8 Å². The van der Waals surface area contributed by atoms with Crippen molar-refractivity contribution in [1.29, 1.82) is 5.26 Å². The van der Waals surface area contributed by atoms with Gasteiger partial charge < -0.3 is 18.8 Å². The molecule has 2 amide bonds. The second kappa shape index (κ2) is 12.3. The van der Waals surface area contributed by atoms with Crippen molar-refractivity contribution in [2.24, 2.45) is 0 Å². The highest BCUT2D eigenvalue weighted by Crippen LogP contribution is 2.32. The first-order valence-corrected chi connectivity index (χ1v) is 13.4. The van der Waals surface area contributed by atoms with Crippen LogP contribution in [-0.2, 0) is 20.8 Å². The number of aromatic nitrogens is 3. The summed E-state index contributed by atoms with van der Waals surface area (Å²) < 4.78 is 18.8. The van der Waals surface area contributed by atoms with Crippen molar-refractivity contribution in [2.45, 2.75) is 59.3 Å². The Morgan fingerprint density at radius 1 is 0.929 bits per heavy atom. The molecule has 10 nitrogen and oxygen atoms in total. The number of fused-ring (bicyclic) bond motifs is 3. The van der Waals surface area contributed by atoms with Gasteiger partial charge in [-0.3, -0.25) is 0 Å². The van der Waals surface area contributed by atoms with Gasteiger partial charge in [-0.05, 0) is 59.7 Å². The normalized spacial score (nSPS) is 11.5. The number of para-hydroxylation sites is 1. The smallest absolute Gasteiger partial charge is 0.425 e. The van der Waals surface area contributed by atoms with Crippen LogP contribution in [0.15, 0.2) is 54.9 Å². The molecule has 0 radical (unpaired) electrons. The van der Waals surface area contributed by atoms with E-state index in [1.54, 1.807) is 72.1 Å². The van der Waals surface area contributed by atoms with Crippen molar-refractivity contribution >= 4 is 39.9 Å². The number of amides is 2. The minimum absolute atomic E-state index is 0.00823. The predicted molar refractivity (Wildman–Crippen MR) is 159 cm³/mol. The molecule has 0 atom stereocenters. The van der Waals surface area contributed by atoms with Gasteiger partial charge in [-0.1, -0.05) is 42.2 Å². The molecular formula is C32H33N5O5. The van der Waals surface area contributed by atoms with Crippen LogP contribution in [-0.4, -0.2) is 51.1 Å². The molecule has 0 N–H and O–H groups in total. The van der Waals surface area contributed by atoms with Crippen LogP contribution in [0, 0.1) is 23.2 Å². The molecule has 0 saturated heterocycles. The second-order valence-electron chi connectivity index (χ2n) is 11.4. The molecular weight excluding hydrogens is 534 g/mol. The molecule has 4 rings (SSSR count). The number of nitrogens with zero attached hydrogens (tertiary/aromatic N) is 5. The summed E-state index contributed by atoms with van der Waals surface area (Å²) in [7, 11) is 0. The Bertz CT molecular complexity index is 1700. The largest absolute Gasteiger partial charge is 0.443 e. The van der Waals surface area contributed by atoms with E-state index in [1.807, 2.05) is 28.8 Å². The lowest BCUT2D eigenvalue weighted by Crippen LogP contribution is -2.44. The summed E-state index contributed by atoms with van der Waals surface area (Å²) >= 11 is 0. The third-order valence-electron chi connectivity index (χ3n) is 5.72. The first kappa shape index (κ1) is 30.0. The van der Waals surface area contributed by atoms with Gasteiger partial charge in [-0.2, -0.15) is 10.2 Å². The van der Waals surface area contributed by atoms with Crippen LogP contribution < -0.4 is 4.90 Å². The maximum atomic E-state index is 13.4. The van der Waals surface area contributed by atoms with E-state index in [9.17, 15) is 14.9 Å². The first-order chi connectivity index (χ1) is 19.9. The molecule has 2 aromatic heterocycles. The lowest BCUT2D eigenvalue weighted by molar-refractivity contribution is 0.0429. The Morgan fingerprint density at radius 2 is 1.55 bits per heavy atom. The second-order valence-corrected chi connectivity index (χ2v) is 11.4. The Kier molecular flexibility index (Phi) is 8.79. The zero-order valence-corrected chi connectivity index (χ0v) is 24.6. The molecule has 4 aromatic rings. The maximum absolute atomic E-state index is 13.4. The van der Waals surface area contributed by atoms with Crippen molar-refractivity contribution in [3.8, 4) is 17.9 Å². The van der Waals surface area contributed by atoms with Gasteiger partial charge in [0.1, 0.15) is 29.4 Å². The van der Waals surface area contributed by atoms with E-state index < -0.39 is 23.4 Å². The first-order valence-electron chi connectivity index (χ1n) is 13.4. The summed E-state index contributed by atoms with van der Waals surface area (Å²) in [6.07, 6.45) is -0.228. The van der Waals surface area contributed by atoms with E-state index in [4.69, 9.17) is 14.2 Å². The van der Waals surface area contributed by atoms with Gasteiger partial charge in [0.2, 0.25) is 0 Å². The van der Waals surface area contributed by atoms with Crippen LogP contribution in [0.2, 0.25) is 0 Å². The van der Waals surface area contributed by atoms with Crippen LogP contribution in [0.1, 0.15) is 52.7 Å². The van der Waals surface area contributed by atoms with Crippen LogP contribution >= 0.6 is 0 Å². The van der Waals surface area contributed by atoms with Gasteiger partial charge in [0.25, 0.3) is 0 Å². The SMILES string of the molecule is CC(C)(C)OC(=O)N(C(=O)OC(C)(C)C)c1nc2ccccc2c2c1ncn2CCOCC#Cc1ccccc1C#N. The highest BCUT2D eigenvalue weighted by atomic mass is 16.6. The third kappa shape index (κ3) is 7.22. The van der Waals surface area contributed by atoms with Crippen LogP contribution in [0.5, 0.6) is 0 Å². The number of imidazole rings is 1. The maximum Gasteiger partial charge on any atom is 0.425 e. The summed E-state index contributed by atoms with van der Waals surface area (Å²) in [5.41, 5.74) is 0.978. The number of anilines is 1. The van der Waals surface area contributed by atoms with Gasteiger partial charge in [0.05, 0.1) is 29.5 Å². The zero-order chi connectivity index (χ0) is 30.5. The summed E-state index contributed by atoms with van der Waals surface area (Å²) in [4.78, 5) is 36.7. The van der Waals surface area contributed by atoms with Crippen LogP contribution in [0.3, 0.4) is 0 Å². The van der Waals surface area contributed by atoms with Gasteiger partial charge in [-0.25, -0.2) is 19.6 Å². The number of hydrogen-bond acceptors (Lipinski definition) is 8. The number of carbonyl (C=O) groups excluding carboxylic acids is 2. The summed E-state index contributed by atoms with van der Waals surface area (Å²) in [5, 5.41) is 10.0. The highest BCUT2D eigenvalue weighted by Gasteiger charge is 2.36. The molecule has 216 valence electrons. The lowest BCUT2D eigenvalue weighted by Gasteiger charge is -2.28. The molecule has 10 heteroatoms. The molecule has 2 heterocycles. The number of imide groups is 1. The van der Waals surface area contributed by atoms with E-state index in [2.05, 4.69) is 27.9 Å². The molecule has 0 spiro atoms. The average molecular weight is 568 g/mol. The average Bonchev–Trinajstić information content (AvgIpc) is 3.33. The summed E-state index contributed by atoms with van der Waals surface area (Å²) in [6, 6.07) is 16.7. The predicted octanol–water partition coefficient (Wildman–Crippen LogP) is 6.20. The highest BCUT2D eigenvalue weighted by molar-refractivity contribution is 6.16. The quantitative estimate of drug-likeness (QED) is 0.206. The molecule has 0 aliphatic rings. The third-order valence-corrected chi connectivity index (χ3v) is 5.72. The molecule has 42 heavy (non-hydrogen) atoms. The molecule has 0 unspecified atom stereocenters. The van der Waals surface area contributed by atoms with Crippen molar-refractivity contribution in [2.75, 3.05) is 18.1 Å². The topological polar surface area (TPSA) is 120 Å². The minimum Gasteiger partial charge on any atom is -0.443 e. The fraction of sp³-hybridized carbons (Fsp3) is 0.344. The van der Waals surface area contributed by atoms with Crippen molar-refractivity contribution in [3.05, 3.63) is 66.0 Å². The van der Waals surface area contributed by atoms with E-state index in [-0.39, 0.29) is 12.4 Å². The van der Waals surface area contributed by atoms with Gasteiger partial charge in [0.15, 0.2) is 5.82 Å². The van der Waals surface area contributed by atoms with Crippen LogP contribution in [0.25, 0.3) is 21.9 Å². The molecule has 0 bridgehead atoms. The molecule has 0 aliphatic carbocycles. The van der Waals surface area contributed by atoms with E-state index in [0.717, 1.165) is 10.3 Å². The molecule has 0 aliphatic heterocycles. The fourth-order valence-corrected chi connectivity index (χ4v) is 4.06. The number of pyridine rings is 1. The van der Waals surface area contributed by atoms with Crippen molar-refractivity contribution in [1.82, 2.24) is 14.5 Å². The van der Waals surface area contributed by atoms with E-state index in [1.165, 1.54) is 0 Å². The Hall–Kier alpha value is -4.93. The monoisotopic (exact) mass is 567 g/mol. The number of nitriles is 1. The number of benzene rings is 2. The molecule has 0 saturated carbocycles. The molecule has 2 aromatic carbocycles. The lowest BCUT2D eigenvalue weighted by atomic mass is 10.1. The molecule has 0 fully saturated rings. The van der Waals surface area contributed by atoms with Gasteiger partial charge in [0, 0.05) is 17.5 Å². The van der Waals surface area contributed by atoms with Crippen LogP contribution in [0.4, 0.5) is 15.4 Å². The summed E-state index contributed by atoms with van der Waals surface area (Å²) in [5.74, 6) is 5.92. The number of carbonyl (C=O) groups is 2. The fourth-order valence-electron chi connectivity index (χ4n) is 4.06. The van der Waals surface area contributed by atoms with Gasteiger partial charge >= 0.3 is 12.2 Å². The summed E-state index contributed by atoms with van der Waals surface area (Å²) in [6.45, 7) is 11.2. The zero-order valence-electron chi connectivity index (χ0n) is 24.6. The Balaban J connectivity index is 1.66. The number of rotatable bonds is 5. The van der Waals surface area contributed by atoms with E-state index >= 15 is 0 Å². The van der Waals surface area contributed by atoms with Crippen molar-refractivity contribution in [3.63, 3.8) is 0 Å². The minimum atomic E-state index is -0.921. The van der Waals surface area contributed by atoms with Gasteiger partial charge in [-0.15, -0.1) is 0 Å². The number of ether oxygens (including phenoxy) is 3.